The number of benzene rings is 1. The fourth-order valence-corrected chi connectivity index (χ4v) is 3.79. The van der Waals surface area contributed by atoms with Crippen LogP contribution in [0.2, 0.25) is 0 Å². The van der Waals surface area contributed by atoms with Gasteiger partial charge in [-0.2, -0.15) is 0 Å². The maximum Gasteiger partial charge on any atom is 0.189 e. The molecule has 26 heavy (non-hydrogen) atoms. The zero-order valence-electron chi connectivity index (χ0n) is 15.0. The first kappa shape index (κ1) is 17.3. The zero-order valence-corrected chi connectivity index (χ0v) is 15.8. The average molecular weight is 369 g/mol. The zero-order chi connectivity index (χ0) is 17.8. The normalized spacial score (nSPS) is 15.7. The molecule has 0 unspecified atom stereocenters. The molecule has 136 valence electrons. The van der Waals surface area contributed by atoms with Crippen LogP contribution >= 0.6 is 11.8 Å². The highest BCUT2D eigenvalue weighted by Crippen LogP contribution is 2.20. The first-order valence-electron chi connectivity index (χ1n) is 9.11. The van der Waals surface area contributed by atoms with Crippen LogP contribution in [0.25, 0.3) is 11.0 Å². The van der Waals surface area contributed by atoms with E-state index in [1.165, 1.54) is 0 Å². The van der Waals surface area contributed by atoms with E-state index in [-0.39, 0.29) is 0 Å². The third-order valence-corrected chi connectivity index (χ3v) is 5.42. The van der Waals surface area contributed by atoms with Crippen molar-refractivity contribution < 1.29 is 0 Å². The molecule has 1 saturated heterocycles. The lowest BCUT2D eigenvalue weighted by Gasteiger charge is -2.33. The Balaban J connectivity index is 1.25. The number of H-pyrrole nitrogens is 1. The predicted molar refractivity (Wildman–Crippen MR) is 107 cm³/mol. The summed E-state index contributed by atoms with van der Waals surface area (Å²) in [7, 11) is 0. The van der Waals surface area contributed by atoms with Crippen LogP contribution in [-0.4, -0.2) is 51.9 Å². The molecule has 0 atom stereocenters. The minimum Gasteiger partial charge on any atom is -0.356 e. The van der Waals surface area contributed by atoms with Gasteiger partial charge in [0.1, 0.15) is 11.6 Å². The molecular formula is C19H24N6S. The van der Waals surface area contributed by atoms with Gasteiger partial charge >= 0.3 is 0 Å². The maximum atomic E-state index is 4.64. The molecule has 4 rings (SSSR count). The number of nitrogens with zero attached hydrogens (tertiary/aromatic N) is 4. The molecule has 3 aromatic rings. The van der Waals surface area contributed by atoms with Gasteiger partial charge in [0, 0.05) is 38.3 Å². The van der Waals surface area contributed by atoms with Gasteiger partial charge in [-0.05, 0) is 37.3 Å². The summed E-state index contributed by atoms with van der Waals surface area (Å²) in [4.78, 5) is 19.3. The summed E-state index contributed by atoms with van der Waals surface area (Å²) in [6.07, 6.45) is 7.07. The Morgan fingerprint density at radius 3 is 2.85 bits per heavy atom. The highest BCUT2D eigenvalue weighted by molar-refractivity contribution is 7.98. The minimum absolute atomic E-state index is 0.567. The van der Waals surface area contributed by atoms with Crippen LogP contribution in [0.15, 0.2) is 41.7 Å². The average Bonchev–Trinajstić information content (AvgIpc) is 3.11. The number of thioether (sulfide) groups is 1. The molecule has 3 heterocycles. The Bertz CT molecular complexity index is 823. The highest BCUT2D eigenvalue weighted by Gasteiger charge is 2.20. The first-order chi connectivity index (χ1) is 12.8. The number of nitrogens with one attached hydrogen (secondary N) is 2. The maximum absolute atomic E-state index is 4.64. The first-order valence-corrected chi connectivity index (χ1v) is 10.3. The fourth-order valence-electron chi connectivity index (χ4n) is 3.44. The number of rotatable bonds is 6. The molecule has 0 amide bonds. The van der Waals surface area contributed by atoms with E-state index in [4.69, 9.17) is 0 Å². The van der Waals surface area contributed by atoms with Crippen molar-refractivity contribution in [2.24, 2.45) is 0 Å². The van der Waals surface area contributed by atoms with Crippen LogP contribution < -0.4 is 10.2 Å². The molecule has 0 spiro atoms. The van der Waals surface area contributed by atoms with Gasteiger partial charge in [-0.15, -0.1) is 0 Å². The molecule has 1 aliphatic rings. The molecule has 0 saturated carbocycles. The van der Waals surface area contributed by atoms with Gasteiger partial charge in [-0.25, -0.2) is 15.0 Å². The minimum atomic E-state index is 0.567. The second-order valence-corrected chi connectivity index (χ2v) is 7.34. The molecule has 1 aromatic carbocycles. The number of anilines is 1. The number of imidazole rings is 1. The van der Waals surface area contributed by atoms with Gasteiger partial charge in [-0.1, -0.05) is 23.9 Å². The largest absolute Gasteiger partial charge is 0.356 e. The quantitative estimate of drug-likeness (QED) is 0.515. The second kappa shape index (κ2) is 8.05. The SMILES string of the molecule is CSc1nccc(N2CCC(NCCc3nc4ccccc4[nH]3)CC2)n1. The monoisotopic (exact) mass is 368 g/mol. The van der Waals surface area contributed by atoms with Gasteiger partial charge in [-0.3, -0.25) is 0 Å². The molecule has 6 nitrogen and oxygen atoms in total. The lowest BCUT2D eigenvalue weighted by atomic mass is 10.0. The molecule has 1 aliphatic heterocycles. The van der Waals surface area contributed by atoms with Crippen molar-refractivity contribution in [3.05, 3.63) is 42.4 Å². The summed E-state index contributed by atoms with van der Waals surface area (Å²) < 4.78 is 0. The Hall–Kier alpha value is -2.12. The van der Waals surface area contributed by atoms with E-state index in [0.717, 1.165) is 66.7 Å². The van der Waals surface area contributed by atoms with Crippen LogP contribution in [0.5, 0.6) is 0 Å². The summed E-state index contributed by atoms with van der Waals surface area (Å²) in [5.41, 5.74) is 2.16. The Kier molecular flexibility index (Phi) is 5.36. The number of aromatic amines is 1. The molecule has 2 aromatic heterocycles. The van der Waals surface area contributed by atoms with Crippen molar-refractivity contribution in [2.45, 2.75) is 30.5 Å². The van der Waals surface area contributed by atoms with Crippen molar-refractivity contribution in [2.75, 3.05) is 30.8 Å². The van der Waals surface area contributed by atoms with Gasteiger partial charge < -0.3 is 15.2 Å². The van der Waals surface area contributed by atoms with Gasteiger partial charge in [0.2, 0.25) is 0 Å². The molecular weight excluding hydrogens is 344 g/mol. The van der Waals surface area contributed by atoms with E-state index in [1.807, 2.05) is 36.7 Å². The molecule has 0 bridgehead atoms. The van der Waals surface area contributed by atoms with Gasteiger partial charge in [0.15, 0.2) is 5.16 Å². The van der Waals surface area contributed by atoms with E-state index < -0.39 is 0 Å². The van der Waals surface area contributed by atoms with E-state index in [0.29, 0.717) is 6.04 Å². The second-order valence-electron chi connectivity index (χ2n) is 6.57. The Labute approximate surface area is 157 Å². The third kappa shape index (κ3) is 3.99. The standard InChI is InChI=1S/C19H24N6S/c1-26-19-21-11-7-18(24-19)25-12-8-14(9-13-25)20-10-6-17-22-15-4-2-3-5-16(15)23-17/h2-5,7,11,14,20H,6,8-10,12-13H2,1H3,(H,22,23). The number of para-hydroxylation sites is 2. The van der Waals surface area contributed by atoms with Gasteiger partial charge in [0.25, 0.3) is 0 Å². The van der Waals surface area contributed by atoms with E-state index in [2.05, 4.69) is 36.2 Å². The van der Waals surface area contributed by atoms with Gasteiger partial charge in [0.05, 0.1) is 11.0 Å². The molecule has 1 fully saturated rings. The van der Waals surface area contributed by atoms with Crippen molar-refractivity contribution in [3.63, 3.8) is 0 Å². The number of aromatic nitrogens is 4. The number of fused-ring (bicyclic) bond motifs is 1. The van der Waals surface area contributed by atoms with Crippen LogP contribution in [0.1, 0.15) is 18.7 Å². The van der Waals surface area contributed by atoms with Crippen LogP contribution in [-0.2, 0) is 6.42 Å². The highest BCUT2D eigenvalue weighted by atomic mass is 32.2. The van der Waals surface area contributed by atoms with Crippen molar-refractivity contribution in [3.8, 4) is 0 Å². The summed E-state index contributed by atoms with van der Waals surface area (Å²) in [5, 5.41) is 4.53. The smallest absolute Gasteiger partial charge is 0.189 e. The van der Waals surface area contributed by atoms with Crippen molar-refractivity contribution >= 4 is 28.6 Å². The number of piperidine rings is 1. The summed E-state index contributed by atoms with van der Waals surface area (Å²) >= 11 is 1.59. The number of hydrogen-bond acceptors (Lipinski definition) is 6. The van der Waals surface area contributed by atoms with E-state index in [1.54, 1.807) is 11.8 Å². The van der Waals surface area contributed by atoms with Crippen molar-refractivity contribution in [1.29, 1.82) is 0 Å². The van der Waals surface area contributed by atoms with Crippen LogP contribution in [0.3, 0.4) is 0 Å². The summed E-state index contributed by atoms with van der Waals surface area (Å²) in [6.45, 7) is 3.02. The molecule has 0 radical (unpaired) electrons. The predicted octanol–water partition coefficient (Wildman–Crippen LogP) is 2.88. The summed E-state index contributed by atoms with van der Waals surface area (Å²) in [5.74, 6) is 2.10. The molecule has 2 N–H and O–H groups in total. The van der Waals surface area contributed by atoms with E-state index >= 15 is 0 Å². The lowest BCUT2D eigenvalue weighted by Crippen LogP contribution is -2.43. The molecule has 0 aliphatic carbocycles. The van der Waals surface area contributed by atoms with Crippen LogP contribution in [0.4, 0.5) is 5.82 Å². The van der Waals surface area contributed by atoms with Crippen molar-refractivity contribution in [1.82, 2.24) is 25.3 Å². The molecule has 7 heteroatoms. The number of hydrogen-bond donors (Lipinski definition) is 2. The Morgan fingerprint density at radius 1 is 1.19 bits per heavy atom. The fraction of sp³-hybridized carbons (Fsp3) is 0.421. The lowest BCUT2D eigenvalue weighted by molar-refractivity contribution is 0.415. The van der Waals surface area contributed by atoms with E-state index in [9.17, 15) is 0 Å². The van der Waals surface area contributed by atoms with Crippen LogP contribution in [0, 0.1) is 0 Å². The third-order valence-electron chi connectivity index (χ3n) is 4.85. The summed E-state index contributed by atoms with van der Waals surface area (Å²) in [6, 6.07) is 10.8. The Morgan fingerprint density at radius 2 is 2.04 bits per heavy atom. The topological polar surface area (TPSA) is 69.7 Å².